The molecule has 2 amide bonds. The van der Waals surface area contributed by atoms with Crippen molar-refractivity contribution in [2.45, 2.75) is 6.18 Å². The fraction of sp³-hybridized carbons (Fsp3) is 0.222. The number of anilines is 1. The van der Waals surface area contributed by atoms with E-state index < -0.39 is 29.1 Å². The van der Waals surface area contributed by atoms with Crippen molar-refractivity contribution in [1.29, 1.82) is 0 Å². The summed E-state index contributed by atoms with van der Waals surface area (Å²) in [4.78, 5) is 24.0. The van der Waals surface area contributed by atoms with E-state index in [9.17, 15) is 22.8 Å². The summed E-state index contributed by atoms with van der Waals surface area (Å²) in [5.41, 5.74) is 3.28. The molecule has 10 heteroatoms. The molecule has 0 unspecified atom stereocenters. The molecule has 28 heavy (non-hydrogen) atoms. The van der Waals surface area contributed by atoms with Gasteiger partial charge in [0.25, 0.3) is 5.91 Å². The van der Waals surface area contributed by atoms with Crippen molar-refractivity contribution in [3.8, 4) is 17.2 Å². The quantitative estimate of drug-likeness (QED) is 0.779. The van der Waals surface area contributed by atoms with Crippen LogP contribution < -0.4 is 25.3 Å². The number of ether oxygens (including phenoxy) is 3. The Labute approximate surface area is 158 Å². The number of nitrogens with one attached hydrogen (secondary N) is 1. The third kappa shape index (κ3) is 4.27. The number of benzene rings is 2. The maximum atomic E-state index is 13.1. The van der Waals surface area contributed by atoms with E-state index in [0.29, 0.717) is 17.9 Å². The van der Waals surface area contributed by atoms with Crippen molar-refractivity contribution in [2.24, 2.45) is 5.73 Å². The molecular weight excluding hydrogens is 381 g/mol. The van der Waals surface area contributed by atoms with Crippen LogP contribution in [0.3, 0.4) is 0 Å². The van der Waals surface area contributed by atoms with Crippen LogP contribution in [-0.2, 0) is 6.18 Å². The molecule has 0 radical (unpaired) electrons. The van der Waals surface area contributed by atoms with Gasteiger partial charge in [0.1, 0.15) is 0 Å². The number of hydrogen-bond donors (Lipinski definition) is 2. The van der Waals surface area contributed by atoms with E-state index in [4.69, 9.17) is 19.9 Å². The summed E-state index contributed by atoms with van der Waals surface area (Å²) in [7, 11) is 4.03. The largest absolute Gasteiger partial charge is 0.493 e. The topological polar surface area (TPSA) is 99.9 Å². The predicted molar refractivity (Wildman–Crippen MR) is 94.0 cm³/mol. The summed E-state index contributed by atoms with van der Waals surface area (Å²) in [6.45, 7) is 0. The van der Waals surface area contributed by atoms with Crippen LogP contribution in [0.2, 0.25) is 0 Å². The first-order chi connectivity index (χ1) is 13.1. The Morgan fingerprint density at radius 3 is 2.11 bits per heavy atom. The SMILES string of the molecule is COc1ccc(C(=O)Nc2cc(C(N)=O)cc(C(F)(F)F)c2)c(OC)c1OC. The summed E-state index contributed by atoms with van der Waals surface area (Å²) >= 11 is 0. The smallest absolute Gasteiger partial charge is 0.416 e. The van der Waals surface area contributed by atoms with Gasteiger partial charge in [-0.2, -0.15) is 13.2 Å². The second-order valence-electron chi connectivity index (χ2n) is 5.50. The number of hydrogen-bond acceptors (Lipinski definition) is 5. The van der Waals surface area contributed by atoms with Gasteiger partial charge in [0.15, 0.2) is 11.5 Å². The van der Waals surface area contributed by atoms with Crippen LogP contribution in [-0.4, -0.2) is 33.1 Å². The first-order valence-electron chi connectivity index (χ1n) is 7.74. The molecule has 150 valence electrons. The summed E-state index contributed by atoms with van der Waals surface area (Å²) in [6.07, 6.45) is -4.73. The van der Waals surface area contributed by atoms with E-state index in [2.05, 4.69) is 5.32 Å². The van der Waals surface area contributed by atoms with Gasteiger partial charge in [-0.25, -0.2) is 0 Å². The lowest BCUT2D eigenvalue weighted by Crippen LogP contribution is -2.17. The zero-order valence-electron chi connectivity index (χ0n) is 15.1. The van der Waals surface area contributed by atoms with Crippen LogP contribution in [0.15, 0.2) is 30.3 Å². The number of halogens is 3. The van der Waals surface area contributed by atoms with Crippen molar-refractivity contribution in [2.75, 3.05) is 26.6 Å². The average molecular weight is 398 g/mol. The van der Waals surface area contributed by atoms with E-state index in [1.807, 2.05) is 0 Å². The maximum absolute atomic E-state index is 13.1. The molecule has 0 aromatic heterocycles. The van der Waals surface area contributed by atoms with Crippen LogP contribution in [0, 0.1) is 0 Å². The molecule has 2 rings (SSSR count). The molecule has 0 atom stereocenters. The molecule has 0 bridgehead atoms. The third-order valence-electron chi connectivity index (χ3n) is 3.75. The fourth-order valence-corrected chi connectivity index (χ4v) is 2.48. The second kappa shape index (κ2) is 8.07. The Balaban J connectivity index is 2.48. The highest BCUT2D eigenvalue weighted by Gasteiger charge is 2.32. The second-order valence-corrected chi connectivity index (χ2v) is 5.50. The summed E-state index contributed by atoms with van der Waals surface area (Å²) in [5.74, 6) is -1.38. The lowest BCUT2D eigenvalue weighted by Gasteiger charge is -2.16. The van der Waals surface area contributed by atoms with E-state index >= 15 is 0 Å². The highest BCUT2D eigenvalue weighted by atomic mass is 19.4. The molecule has 0 heterocycles. The van der Waals surface area contributed by atoms with Gasteiger partial charge in [-0.3, -0.25) is 9.59 Å². The molecule has 0 saturated heterocycles. The Bertz CT molecular complexity index is 913. The summed E-state index contributed by atoms with van der Waals surface area (Å²) in [6, 6.07) is 5.14. The number of primary amides is 1. The highest BCUT2D eigenvalue weighted by molar-refractivity contribution is 6.07. The zero-order valence-corrected chi connectivity index (χ0v) is 15.1. The maximum Gasteiger partial charge on any atom is 0.416 e. The van der Waals surface area contributed by atoms with Crippen LogP contribution >= 0.6 is 0 Å². The van der Waals surface area contributed by atoms with Gasteiger partial charge >= 0.3 is 6.18 Å². The Morgan fingerprint density at radius 2 is 1.61 bits per heavy atom. The zero-order chi connectivity index (χ0) is 21.1. The molecule has 2 aromatic rings. The number of methoxy groups -OCH3 is 3. The molecule has 3 N–H and O–H groups in total. The molecule has 2 aromatic carbocycles. The standard InChI is InChI=1S/C18H17F3N2O5/c1-26-13-5-4-12(14(27-2)15(13)28-3)17(25)23-11-7-9(16(22)24)6-10(8-11)18(19,20)21/h4-8H,1-3H3,(H2,22,24)(H,23,25). The molecule has 0 saturated carbocycles. The van der Waals surface area contributed by atoms with Gasteiger partial charge in [0, 0.05) is 11.3 Å². The lowest BCUT2D eigenvalue weighted by molar-refractivity contribution is -0.137. The number of nitrogens with two attached hydrogens (primary N) is 1. The number of rotatable bonds is 6. The lowest BCUT2D eigenvalue weighted by atomic mass is 10.1. The Kier molecular flexibility index (Phi) is 6.02. The minimum atomic E-state index is -4.73. The molecule has 7 nitrogen and oxygen atoms in total. The third-order valence-corrected chi connectivity index (χ3v) is 3.75. The van der Waals surface area contributed by atoms with Crippen LogP contribution in [0.4, 0.5) is 18.9 Å². The molecule has 0 aliphatic carbocycles. The first kappa shape index (κ1) is 20.9. The highest BCUT2D eigenvalue weighted by Crippen LogP contribution is 2.40. The van der Waals surface area contributed by atoms with Gasteiger partial charge in [-0.15, -0.1) is 0 Å². The van der Waals surface area contributed by atoms with Crippen molar-refractivity contribution < 1.29 is 37.0 Å². The van der Waals surface area contributed by atoms with E-state index in [-0.39, 0.29) is 22.7 Å². The van der Waals surface area contributed by atoms with Gasteiger partial charge in [0.05, 0.1) is 32.5 Å². The van der Waals surface area contributed by atoms with Crippen LogP contribution in [0.5, 0.6) is 17.2 Å². The van der Waals surface area contributed by atoms with E-state index in [0.717, 1.165) is 6.07 Å². The van der Waals surface area contributed by atoms with Gasteiger partial charge < -0.3 is 25.3 Å². The van der Waals surface area contributed by atoms with Crippen LogP contribution in [0.1, 0.15) is 26.3 Å². The Hall–Kier alpha value is -3.43. The van der Waals surface area contributed by atoms with E-state index in [1.54, 1.807) is 0 Å². The Morgan fingerprint density at radius 1 is 0.964 bits per heavy atom. The van der Waals surface area contributed by atoms with Gasteiger partial charge in [-0.05, 0) is 30.3 Å². The van der Waals surface area contributed by atoms with Crippen molar-refractivity contribution >= 4 is 17.5 Å². The summed E-state index contributed by atoms with van der Waals surface area (Å²) in [5, 5.41) is 2.31. The fourth-order valence-electron chi connectivity index (χ4n) is 2.48. The molecule has 0 fully saturated rings. The predicted octanol–water partition coefficient (Wildman–Crippen LogP) is 3.08. The summed E-state index contributed by atoms with van der Waals surface area (Å²) < 4.78 is 54.6. The van der Waals surface area contributed by atoms with Crippen molar-refractivity contribution in [3.63, 3.8) is 0 Å². The normalized spacial score (nSPS) is 10.9. The first-order valence-corrected chi connectivity index (χ1v) is 7.74. The van der Waals surface area contributed by atoms with Crippen LogP contribution in [0.25, 0.3) is 0 Å². The number of alkyl halides is 3. The number of amides is 2. The van der Waals surface area contributed by atoms with Gasteiger partial charge in [-0.1, -0.05) is 0 Å². The average Bonchev–Trinajstić information content (AvgIpc) is 2.65. The number of carbonyl (C=O) groups excluding carboxylic acids is 2. The van der Waals surface area contributed by atoms with E-state index in [1.165, 1.54) is 33.5 Å². The molecule has 0 aliphatic rings. The molecule has 0 aliphatic heterocycles. The minimum Gasteiger partial charge on any atom is -0.493 e. The van der Waals surface area contributed by atoms with Gasteiger partial charge in [0.2, 0.25) is 11.7 Å². The minimum absolute atomic E-state index is 0.0156. The number of carbonyl (C=O) groups is 2. The van der Waals surface area contributed by atoms with Crippen molar-refractivity contribution in [3.05, 3.63) is 47.0 Å². The monoisotopic (exact) mass is 398 g/mol. The molecular formula is C18H17F3N2O5. The van der Waals surface area contributed by atoms with Crippen molar-refractivity contribution in [1.82, 2.24) is 0 Å². The molecule has 0 spiro atoms.